The highest BCUT2D eigenvalue weighted by atomic mass is 16.5. The lowest BCUT2D eigenvalue weighted by atomic mass is 9.92. The van der Waals surface area contributed by atoms with Gasteiger partial charge < -0.3 is 9.84 Å². The smallest absolute Gasteiger partial charge is 0.122 e. The fourth-order valence-corrected chi connectivity index (χ4v) is 2.04. The van der Waals surface area contributed by atoms with Crippen LogP contribution in [0.1, 0.15) is 29.5 Å². The van der Waals surface area contributed by atoms with E-state index in [0.29, 0.717) is 0 Å². The number of ether oxygens (including phenoxy) is 1. The first kappa shape index (κ1) is 10.5. The van der Waals surface area contributed by atoms with Crippen molar-refractivity contribution in [1.82, 2.24) is 0 Å². The second kappa shape index (κ2) is 3.53. The highest BCUT2D eigenvalue weighted by Gasteiger charge is 2.45. The van der Waals surface area contributed by atoms with Crippen LogP contribution in [0.25, 0.3) is 0 Å². The van der Waals surface area contributed by atoms with Crippen molar-refractivity contribution < 1.29 is 9.84 Å². The summed E-state index contributed by atoms with van der Waals surface area (Å²) in [6, 6.07) is 4.23. The summed E-state index contributed by atoms with van der Waals surface area (Å²) in [6.07, 6.45) is 2.14. The van der Waals surface area contributed by atoms with Gasteiger partial charge in [-0.2, -0.15) is 0 Å². The van der Waals surface area contributed by atoms with E-state index in [-0.39, 0.29) is 12.0 Å². The largest absolute Gasteiger partial charge is 0.496 e. The van der Waals surface area contributed by atoms with Crippen LogP contribution in [-0.4, -0.2) is 18.8 Å². The van der Waals surface area contributed by atoms with Gasteiger partial charge in [-0.15, -0.1) is 0 Å². The zero-order valence-corrected chi connectivity index (χ0v) is 9.63. The molecule has 0 atom stereocenters. The molecule has 0 heterocycles. The zero-order chi connectivity index (χ0) is 11.1. The zero-order valence-electron chi connectivity index (χ0n) is 9.63. The van der Waals surface area contributed by atoms with Crippen molar-refractivity contribution >= 4 is 0 Å². The molecule has 1 aliphatic carbocycles. The van der Waals surface area contributed by atoms with Gasteiger partial charge in [-0.1, -0.05) is 6.07 Å². The molecule has 0 bridgehead atoms. The van der Waals surface area contributed by atoms with Gasteiger partial charge in [0.15, 0.2) is 0 Å². The molecule has 0 unspecified atom stereocenters. The third-order valence-corrected chi connectivity index (χ3v) is 3.54. The van der Waals surface area contributed by atoms with Gasteiger partial charge in [-0.3, -0.25) is 0 Å². The standard InChI is InChI=1S/C13H18O2/c1-9-6-11(13(8-14)4-5-13)12(15-3)7-10(9)2/h6-7,14H,4-5,8H2,1-3H3. The second-order valence-corrected chi connectivity index (χ2v) is 4.58. The first-order chi connectivity index (χ1) is 7.13. The molecule has 2 nitrogen and oxygen atoms in total. The molecule has 0 amide bonds. The molecule has 1 aromatic carbocycles. The Hall–Kier alpha value is -1.02. The Kier molecular flexibility index (Phi) is 2.47. The van der Waals surface area contributed by atoms with E-state index in [2.05, 4.69) is 26.0 Å². The van der Waals surface area contributed by atoms with Crippen LogP contribution in [0.3, 0.4) is 0 Å². The fourth-order valence-electron chi connectivity index (χ4n) is 2.04. The minimum Gasteiger partial charge on any atom is -0.496 e. The van der Waals surface area contributed by atoms with E-state index in [0.717, 1.165) is 18.6 Å². The molecule has 15 heavy (non-hydrogen) atoms. The van der Waals surface area contributed by atoms with E-state index in [9.17, 15) is 5.11 Å². The first-order valence-electron chi connectivity index (χ1n) is 5.39. The first-order valence-corrected chi connectivity index (χ1v) is 5.39. The number of methoxy groups -OCH3 is 1. The maximum atomic E-state index is 9.43. The SMILES string of the molecule is COc1cc(C)c(C)cc1C1(CO)CC1. The topological polar surface area (TPSA) is 29.5 Å². The molecule has 1 saturated carbocycles. The van der Waals surface area contributed by atoms with Crippen molar-refractivity contribution in [2.24, 2.45) is 0 Å². The lowest BCUT2D eigenvalue weighted by Gasteiger charge is -2.18. The summed E-state index contributed by atoms with van der Waals surface area (Å²) in [6.45, 7) is 4.41. The molecule has 82 valence electrons. The van der Waals surface area contributed by atoms with Crippen LogP contribution in [0.2, 0.25) is 0 Å². The van der Waals surface area contributed by atoms with Gasteiger partial charge in [0.2, 0.25) is 0 Å². The number of hydrogen-bond acceptors (Lipinski definition) is 2. The highest BCUT2D eigenvalue weighted by Crippen LogP contribution is 2.51. The van der Waals surface area contributed by atoms with E-state index in [1.807, 2.05) is 0 Å². The van der Waals surface area contributed by atoms with Gasteiger partial charge in [0.1, 0.15) is 5.75 Å². The lowest BCUT2D eigenvalue weighted by Crippen LogP contribution is -2.13. The Bertz CT molecular complexity index is 378. The van der Waals surface area contributed by atoms with Crippen molar-refractivity contribution in [3.8, 4) is 5.75 Å². The number of benzene rings is 1. The van der Waals surface area contributed by atoms with Gasteiger partial charge in [0.25, 0.3) is 0 Å². The van der Waals surface area contributed by atoms with Crippen LogP contribution in [0.4, 0.5) is 0 Å². The Balaban J connectivity index is 2.50. The molecule has 0 spiro atoms. The van der Waals surface area contributed by atoms with E-state index in [1.54, 1.807) is 7.11 Å². The number of aryl methyl sites for hydroxylation is 2. The summed E-state index contributed by atoms with van der Waals surface area (Å²) in [5.41, 5.74) is 3.68. The average molecular weight is 206 g/mol. The van der Waals surface area contributed by atoms with Gasteiger partial charge in [0.05, 0.1) is 13.7 Å². The summed E-state index contributed by atoms with van der Waals surface area (Å²) in [7, 11) is 1.70. The predicted molar refractivity (Wildman–Crippen MR) is 60.5 cm³/mol. The molecule has 2 heteroatoms. The van der Waals surface area contributed by atoms with E-state index >= 15 is 0 Å². The predicted octanol–water partition coefficient (Wildman–Crippen LogP) is 2.34. The van der Waals surface area contributed by atoms with Crippen LogP contribution in [0.15, 0.2) is 12.1 Å². The minimum atomic E-state index is -0.0101. The number of rotatable bonds is 3. The monoisotopic (exact) mass is 206 g/mol. The summed E-state index contributed by atoms with van der Waals surface area (Å²) in [5.74, 6) is 0.921. The maximum absolute atomic E-state index is 9.43. The molecular formula is C13H18O2. The Labute approximate surface area is 90.9 Å². The van der Waals surface area contributed by atoms with E-state index in [4.69, 9.17) is 4.74 Å². The molecule has 1 fully saturated rings. The van der Waals surface area contributed by atoms with Crippen molar-refractivity contribution in [1.29, 1.82) is 0 Å². The van der Waals surface area contributed by atoms with Crippen LogP contribution in [0, 0.1) is 13.8 Å². The van der Waals surface area contributed by atoms with Crippen LogP contribution in [-0.2, 0) is 5.41 Å². The third-order valence-electron chi connectivity index (χ3n) is 3.54. The minimum absolute atomic E-state index is 0.0101. The Morgan fingerprint density at radius 1 is 1.27 bits per heavy atom. The lowest BCUT2D eigenvalue weighted by molar-refractivity contribution is 0.251. The van der Waals surface area contributed by atoms with Gasteiger partial charge in [-0.25, -0.2) is 0 Å². The van der Waals surface area contributed by atoms with E-state index < -0.39 is 0 Å². The van der Waals surface area contributed by atoms with Gasteiger partial charge >= 0.3 is 0 Å². The molecule has 1 aromatic rings. The van der Waals surface area contributed by atoms with Gasteiger partial charge in [-0.05, 0) is 43.9 Å². The third kappa shape index (κ3) is 1.63. The fraction of sp³-hybridized carbons (Fsp3) is 0.538. The average Bonchev–Trinajstić information content (AvgIpc) is 3.02. The van der Waals surface area contributed by atoms with Crippen LogP contribution in [0.5, 0.6) is 5.75 Å². The Morgan fingerprint density at radius 3 is 2.33 bits per heavy atom. The quantitative estimate of drug-likeness (QED) is 0.822. The molecule has 0 aliphatic heterocycles. The van der Waals surface area contributed by atoms with Crippen LogP contribution >= 0.6 is 0 Å². The molecule has 1 N–H and O–H groups in total. The van der Waals surface area contributed by atoms with Crippen molar-refractivity contribution in [3.63, 3.8) is 0 Å². The van der Waals surface area contributed by atoms with Crippen LogP contribution < -0.4 is 4.74 Å². The van der Waals surface area contributed by atoms with Crippen molar-refractivity contribution in [2.45, 2.75) is 32.1 Å². The molecule has 1 aliphatic rings. The number of aliphatic hydroxyl groups excluding tert-OH is 1. The van der Waals surface area contributed by atoms with E-state index in [1.165, 1.54) is 16.7 Å². The Morgan fingerprint density at radius 2 is 1.87 bits per heavy atom. The molecule has 2 rings (SSSR count). The highest BCUT2D eigenvalue weighted by molar-refractivity contribution is 5.48. The summed E-state index contributed by atoms with van der Waals surface area (Å²) in [5, 5.41) is 9.43. The summed E-state index contributed by atoms with van der Waals surface area (Å²) >= 11 is 0. The number of hydrogen-bond donors (Lipinski definition) is 1. The normalized spacial score (nSPS) is 17.6. The van der Waals surface area contributed by atoms with Crippen molar-refractivity contribution in [2.75, 3.05) is 13.7 Å². The molecule has 0 aromatic heterocycles. The summed E-state index contributed by atoms with van der Waals surface area (Å²) in [4.78, 5) is 0. The van der Waals surface area contributed by atoms with Crippen molar-refractivity contribution in [3.05, 3.63) is 28.8 Å². The number of aliphatic hydroxyl groups is 1. The molecular weight excluding hydrogens is 188 g/mol. The molecule has 0 radical (unpaired) electrons. The second-order valence-electron chi connectivity index (χ2n) is 4.58. The maximum Gasteiger partial charge on any atom is 0.122 e. The summed E-state index contributed by atoms with van der Waals surface area (Å²) < 4.78 is 5.40. The molecule has 0 saturated heterocycles. The van der Waals surface area contributed by atoms with Gasteiger partial charge in [0, 0.05) is 11.0 Å².